The summed E-state index contributed by atoms with van der Waals surface area (Å²) in [4.78, 5) is 8.87. The van der Waals surface area contributed by atoms with Crippen molar-refractivity contribution in [2.24, 2.45) is 0 Å². The third kappa shape index (κ3) is 2.59. The second-order valence-electron chi connectivity index (χ2n) is 3.65. The monoisotopic (exact) mass is 374 g/mol. The van der Waals surface area contributed by atoms with Crippen LogP contribution in [0.25, 0.3) is 11.4 Å². The van der Waals surface area contributed by atoms with Gasteiger partial charge < -0.3 is 4.74 Å². The van der Waals surface area contributed by atoms with Crippen molar-refractivity contribution in [2.45, 2.75) is 13.3 Å². The minimum Gasteiger partial charge on any atom is -0.496 e. The average Bonchev–Trinajstić information content (AvgIpc) is 2.41. The number of hydrogen-bond acceptors (Lipinski definition) is 3. The lowest BCUT2D eigenvalue weighted by molar-refractivity contribution is 0.416. The van der Waals surface area contributed by atoms with E-state index in [0.29, 0.717) is 11.0 Å². The van der Waals surface area contributed by atoms with Gasteiger partial charge in [0.15, 0.2) is 5.82 Å². The van der Waals surface area contributed by atoms with Gasteiger partial charge in [0.2, 0.25) is 0 Å². The van der Waals surface area contributed by atoms with Gasteiger partial charge in [-0.25, -0.2) is 9.97 Å². The van der Waals surface area contributed by atoms with E-state index < -0.39 is 0 Å². The highest BCUT2D eigenvalue weighted by molar-refractivity contribution is 14.1. The molecular weight excluding hydrogens is 363 g/mol. The van der Waals surface area contributed by atoms with Crippen LogP contribution in [0.4, 0.5) is 0 Å². The Bertz CT molecular complexity index is 575. The van der Waals surface area contributed by atoms with Crippen LogP contribution < -0.4 is 4.74 Å². The van der Waals surface area contributed by atoms with Crippen molar-refractivity contribution in [1.82, 2.24) is 9.97 Å². The molecule has 2 rings (SSSR count). The molecule has 18 heavy (non-hydrogen) atoms. The van der Waals surface area contributed by atoms with Gasteiger partial charge in [-0.05, 0) is 41.1 Å². The number of methoxy groups -OCH3 is 1. The van der Waals surface area contributed by atoms with E-state index in [4.69, 9.17) is 16.3 Å². The largest absolute Gasteiger partial charge is 0.496 e. The van der Waals surface area contributed by atoms with Gasteiger partial charge in [0.05, 0.1) is 21.9 Å². The van der Waals surface area contributed by atoms with Crippen LogP contribution in [0, 0.1) is 3.57 Å². The summed E-state index contributed by atoms with van der Waals surface area (Å²) in [5.41, 5.74) is 1.81. The van der Waals surface area contributed by atoms with E-state index in [0.717, 1.165) is 27.0 Å². The quantitative estimate of drug-likeness (QED) is 0.602. The lowest BCUT2D eigenvalue weighted by Crippen LogP contribution is -2.00. The van der Waals surface area contributed by atoms with Crippen LogP contribution in [0.5, 0.6) is 5.75 Å². The van der Waals surface area contributed by atoms with E-state index in [2.05, 4.69) is 32.6 Å². The minimum absolute atomic E-state index is 0.489. The molecule has 0 spiro atoms. The molecule has 0 aliphatic heterocycles. The van der Waals surface area contributed by atoms with Crippen molar-refractivity contribution < 1.29 is 4.74 Å². The molecule has 3 nitrogen and oxygen atoms in total. The molecule has 0 saturated heterocycles. The standard InChI is InChI=1S/C13H12ClIN2O/c1-3-9-11(15)12(14)17-13(16-9)8-6-4-5-7-10(8)18-2/h4-7H,3H2,1-2H3. The van der Waals surface area contributed by atoms with E-state index in [1.54, 1.807) is 7.11 Å². The maximum Gasteiger partial charge on any atom is 0.164 e. The normalized spacial score (nSPS) is 10.4. The second-order valence-corrected chi connectivity index (χ2v) is 5.09. The molecule has 0 saturated carbocycles. The molecule has 0 aliphatic carbocycles. The van der Waals surface area contributed by atoms with Gasteiger partial charge in [-0.2, -0.15) is 0 Å². The average molecular weight is 375 g/mol. The van der Waals surface area contributed by atoms with E-state index in [-0.39, 0.29) is 0 Å². The van der Waals surface area contributed by atoms with Crippen molar-refractivity contribution in [2.75, 3.05) is 7.11 Å². The van der Waals surface area contributed by atoms with Gasteiger partial charge in [0.1, 0.15) is 10.9 Å². The predicted octanol–water partition coefficient (Wildman–Crippen LogP) is 3.97. The van der Waals surface area contributed by atoms with Gasteiger partial charge in [0.25, 0.3) is 0 Å². The maximum atomic E-state index is 6.14. The van der Waals surface area contributed by atoms with Crippen molar-refractivity contribution >= 4 is 34.2 Å². The highest BCUT2D eigenvalue weighted by atomic mass is 127. The van der Waals surface area contributed by atoms with Gasteiger partial charge in [-0.3, -0.25) is 0 Å². The van der Waals surface area contributed by atoms with E-state index in [1.165, 1.54) is 0 Å². The summed E-state index contributed by atoms with van der Waals surface area (Å²) < 4.78 is 6.23. The first kappa shape index (κ1) is 13.5. The van der Waals surface area contributed by atoms with E-state index in [9.17, 15) is 0 Å². The fraction of sp³-hybridized carbons (Fsp3) is 0.231. The lowest BCUT2D eigenvalue weighted by Gasteiger charge is -2.09. The van der Waals surface area contributed by atoms with Gasteiger partial charge in [-0.1, -0.05) is 30.7 Å². The van der Waals surface area contributed by atoms with E-state index in [1.807, 2.05) is 31.2 Å². The molecule has 0 bridgehead atoms. The highest BCUT2D eigenvalue weighted by Gasteiger charge is 2.13. The molecule has 94 valence electrons. The molecule has 5 heteroatoms. The number of ether oxygens (including phenoxy) is 1. The lowest BCUT2D eigenvalue weighted by atomic mass is 10.2. The summed E-state index contributed by atoms with van der Waals surface area (Å²) in [5, 5.41) is 0.489. The first-order valence-corrected chi connectivity index (χ1v) is 6.98. The molecule has 1 aromatic carbocycles. The van der Waals surface area contributed by atoms with Crippen LogP contribution in [0.15, 0.2) is 24.3 Å². The predicted molar refractivity (Wildman–Crippen MR) is 81.1 cm³/mol. The van der Waals surface area contributed by atoms with E-state index >= 15 is 0 Å². The zero-order valence-corrected chi connectivity index (χ0v) is 13.0. The fourth-order valence-electron chi connectivity index (χ4n) is 1.65. The highest BCUT2D eigenvalue weighted by Crippen LogP contribution is 2.29. The van der Waals surface area contributed by atoms with Crippen molar-refractivity contribution in [3.8, 4) is 17.1 Å². The molecule has 0 unspecified atom stereocenters. The third-order valence-corrected chi connectivity index (χ3v) is 4.29. The van der Waals surface area contributed by atoms with Crippen LogP contribution >= 0.6 is 34.2 Å². The van der Waals surface area contributed by atoms with Crippen LogP contribution in [0.1, 0.15) is 12.6 Å². The zero-order chi connectivity index (χ0) is 13.1. The summed E-state index contributed by atoms with van der Waals surface area (Å²) in [6, 6.07) is 7.66. The molecule has 1 aromatic heterocycles. The summed E-state index contributed by atoms with van der Waals surface area (Å²) in [6.45, 7) is 2.05. The summed E-state index contributed by atoms with van der Waals surface area (Å²) >= 11 is 8.31. The molecule has 0 atom stereocenters. The molecule has 2 aromatic rings. The summed E-state index contributed by atoms with van der Waals surface area (Å²) in [5.74, 6) is 1.35. The molecule has 1 heterocycles. The number of hydrogen-bond donors (Lipinski definition) is 0. The second kappa shape index (κ2) is 5.84. The van der Waals surface area contributed by atoms with Crippen molar-refractivity contribution in [1.29, 1.82) is 0 Å². The molecular formula is C13H12ClIN2O. The Kier molecular flexibility index (Phi) is 4.40. The van der Waals surface area contributed by atoms with Gasteiger partial charge in [0, 0.05) is 0 Å². The first-order chi connectivity index (χ1) is 8.67. The minimum atomic E-state index is 0.489. The smallest absolute Gasteiger partial charge is 0.164 e. The fourth-order valence-corrected chi connectivity index (χ4v) is 2.46. The topological polar surface area (TPSA) is 35.0 Å². The number of aromatic nitrogens is 2. The van der Waals surface area contributed by atoms with Gasteiger partial charge >= 0.3 is 0 Å². The molecule has 0 amide bonds. The Morgan fingerprint density at radius 2 is 2.00 bits per heavy atom. The summed E-state index contributed by atoms with van der Waals surface area (Å²) in [7, 11) is 1.63. The molecule has 0 fully saturated rings. The first-order valence-electron chi connectivity index (χ1n) is 5.52. The number of halogens is 2. The van der Waals surface area contributed by atoms with Crippen LogP contribution in [-0.2, 0) is 6.42 Å². The Labute approximate surface area is 125 Å². The number of para-hydroxylation sites is 1. The SMILES string of the molecule is CCc1nc(-c2ccccc2OC)nc(Cl)c1I. The van der Waals surface area contributed by atoms with Crippen LogP contribution in [0.2, 0.25) is 5.15 Å². The number of aryl methyl sites for hydroxylation is 1. The summed E-state index contributed by atoms with van der Waals surface area (Å²) in [6.07, 6.45) is 0.822. The number of rotatable bonds is 3. The van der Waals surface area contributed by atoms with Crippen molar-refractivity contribution in [3.05, 3.63) is 38.7 Å². The Balaban J connectivity index is 2.61. The Morgan fingerprint density at radius 1 is 1.28 bits per heavy atom. The Morgan fingerprint density at radius 3 is 2.67 bits per heavy atom. The van der Waals surface area contributed by atoms with Crippen LogP contribution in [0.3, 0.4) is 0 Å². The Hall–Kier alpha value is -0.880. The number of nitrogens with zero attached hydrogens (tertiary/aromatic N) is 2. The maximum absolute atomic E-state index is 6.14. The zero-order valence-electron chi connectivity index (χ0n) is 10.1. The van der Waals surface area contributed by atoms with Crippen molar-refractivity contribution in [3.63, 3.8) is 0 Å². The third-order valence-electron chi connectivity index (χ3n) is 2.56. The molecule has 0 radical (unpaired) electrons. The molecule has 0 N–H and O–H groups in total. The molecule has 0 aliphatic rings. The van der Waals surface area contributed by atoms with Gasteiger partial charge in [-0.15, -0.1) is 0 Å². The van der Waals surface area contributed by atoms with Crippen LogP contribution in [-0.4, -0.2) is 17.1 Å². The number of benzene rings is 1.